The molecule has 0 aliphatic carbocycles. The Balaban J connectivity index is 1.73. The molecule has 2 aromatic rings. The number of amides is 2. The number of hydrogen-bond donors (Lipinski definition) is 1. The third kappa shape index (κ3) is 3.43. The van der Waals surface area contributed by atoms with Gasteiger partial charge in [-0.15, -0.1) is 0 Å². The van der Waals surface area contributed by atoms with Crippen LogP contribution in [0.3, 0.4) is 0 Å². The molecule has 4 heteroatoms. The van der Waals surface area contributed by atoms with Crippen molar-refractivity contribution in [1.29, 1.82) is 0 Å². The summed E-state index contributed by atoms with van der Waals surface area (Å²) in [5.74, 6) is -0.0169. The van der Waals surface area contributed by atoms with Crippen molar-refractivity contribution >= 4 is 17.5 Å². The number of anilines is 1. The van der Waals surface area contributed by atoms with Gasteiger partial charge in [-0.25, -0.2) is 0 Å². The van der Waals surface area contributed by atoms with Gasteiger partial charge in [0, 0.05) is 17.8 Å². The zero-order valence-electron chi connectivity index (χ0n) is 15.0. The number of likely N-dealkylation sites (N-methyl/N-ethyl adjacent to an activating group) is 1. The van der Waals surface area contributed by atoms with Crippen molar-refractivity contribution in [2.75, 3.05) is 11.4 Å². The molecule has 130 valence electrons. The SMILES string of the molecule is CCc1ccc(C(C)NC(=O)c2ccc3c(c2)CC(=O)N3CC)cc1. The third-order valence-corrected chi connectivity index (χ3v) is 4.83. The van der Waals surface area contributed by atoms with Crippen molar-refractivity contribution in [2.45, 2.75) is 39.7 Å². The number of hydrogen-bond acceptors (Lipinski definition) is 2. The summed E-state index contributed by atoms with van der Waals surface area (Å²) in [6.45, 7) is 6.72. The molecule has 1 aliphatic rings. The highest BCUT2D eigenvalue weighted by Crippen LogP contribution is 2.29. The Morgan fingerprint density at radius 1 is 1.16 bits per heavy atom. The monoisotopic (exact) mass is 336 g/mol. The summed E-state index contributed by atoms with van der Waals surface area (Å²) in [4.78, 5) is 26.3. The van der Waals surface area contributed by atoms with E-state index in [1.54, 1.807) is 11.0 Å². The molecule has 1 N–H and O–H groups in total. The highest BCUT2D eigenvalue weighted by atomic mass is 16.2. The first-order chi connectivity index (χ1) is 12.0. The van der Waals surface area contributed by atoms with Crippen LogP contribution in [-0.2, 0) is 17.6 Å². The Morgan fingerprint density at radius 3 is 2.52 bits per heavy atom. The highest BCUT2D eigenvalue weighted by molar-refractivity contribution is 6.03. The molecular formula is C21H24N2O2. The van der Waals surface area contributed by atoms with Crippen LogP contribution in [0.15, 0.2) is 42.5 Å². The lowest BCUT2D eigenvalue weighted by molar-refractivity contribution is -0.117. The number of carbonyl (C=O) groups is 2. The van der Waals surface area contributed by atoms with Crippen LogP contribution in [0.2, 0.25) is 0 Å². The lowest BCUT2D eigenvalue weighted by Gasteiger charge is -2.16. The van der Waals surface area contributed by atoms with Crippen molar-refractivity contribution in [1.82, 2.24) is 5.32 Å². The van der Waals surface area contributed by atoms with Crippen LogP contribution in [0.4, 0.5) is 5.69 Å². The summed E-state index contributed by atoms with van der Waals surface area (Å²) >= 11 is 0. The Labute approximate surface area is 148 Å². The topological polar surface area (TPSA) is 49.4 Å². The fourth-order valence-electron chi connectivity index (χ4n) is 3.28. The van der Waals surface area contributed by atoms with Gasteiger partial charge in [0.25, 0.3) is 5.91 Å². The van der Waals surface area contributed by atoms with Gasteiger partial charge in [-0.05, 0) is 55.2 Å². The molecule has 1 aliphatic heterocycles. The molecule has 3 rings (SSSR count). The molecule has 1 heterocycles. The van der Waals surface area contributed by atoms with E-state index in [-0.39, 0.29) is 17.9 Å². The van der Waals surface area contributed by atoms with Crippen molar-refractivity contribution in [3.05, 3.63) is 64.7 Å². The van der Waals surface area contributed by atoms with Crippen molar-refractivity contribution in [2.24, 2.45) is 0 Å². The van der Waals surface area contributed by atoms with Gasteiger partial charge in [-0.1, -0.05) is 31.2 Å². The van der Waals surface area contributed by atoms with Crippen LogP contribution in [0.1, 0.15) is 53.9 Å². The number of rotatable bonds is 5. The predicted molar refractivity (Wildman–Crippen MR) is 99.9 cm³/mol. The first-order valence-electron chi connectivity index (χ1n) is 8.86. The maximum atomic E-state index is 12.6. The van der Waals surface area contributed by atoms with E-state index in [1.165, 1.54) is 5.56 Å². The largest absolute Gasteiger partial charge is 0.346 e. The van der Waals surface area contributed by atoms with E-state index >= 15 is 0 Å². The molecule has 0 fully saturated rings. The van der Waals surface area contributed by atoms with E-state index in [1.807, 2.05) is 26.0 Å². The van der Waals surface area contributed by atoms with Crippen LogP contribution >= 0.6 is 0 Å². The lowest BCUT2D eigenvalue weighted by atomic mass is 10.0. The zero-order valence-corrected chi connectivity index (χ0v) is 15.0. The second kappa shape index (κ2) is 7.09. The van der Waals surface area contributed by atoms with Crippen LogP contribution in [0.5, 0.6) is 0 Å². The van der Waals surface area contributed by atoms with Gasteiger partial charge in [0.2, 0.25) is 5.91 Å². The van der Waals surface area contributed by atoms with Crippen LogP contribution in [-0.4, -0.2) is 18.4 Å². The Hall–Kier alpha value is -2.62. The minimum atomic E-state index is -0.114. The van der Waals surface area contributed by atoms with Crippen LogP contribution in [0, 0.1) is 0 Å². The normalized spacial score (nSPS) is 14.4. The van der Waals surface area contributed by atoms with Gasteiger partial charge in [0.1, 0.15) is 0 Å². The predicted octanol–water partition coefficient (Wildman–Crippen LogP) is 3.65. The van der Waals surface area contributed by atoms with Crippen molar-refractivity contribution in [3.8, 4) is 0 Å². The summed E-state index contributed by atoms with van der Waals surface area (Å²) in [6, 6.07) is 13.7. The van der Waals surface area contributed by atoms with E-state index in [9.17, 15) is 9.59 Å². The van der Waals surface area contributed by atoms with E-state index in [2.05, 4.69) is 36.5 Å². The quantitative estimate of drug-likeness (QED) is 0.906. The minimum absolute atomic E-state index is 0.0690. The fraction of sp³-hybridized carbons (Fsp3) is 0.333. The van der Waals surface area contributed by atoms with Crippen molar-refractivity contribution < 1.29 is 9.59 Å². The second-order valence-electron chi connectivity index (χ2n) is 6.45. The molecule has 1 atom stereocenters. The molecule has 0 aromatic heterocycles. The molecule has 0 saturated carbocycles. The summed E-state index contributed by atoms with van der Waals surface area (Å²) in [5.41, 5.74) is 4.82. The fourth-order valence-corrected chi connectivity index (χ4v) is 3.28. The Bertz CT molecular complexity index is 796. The molecule has 1 unspecified atom stereocenters. The van der Waals surface area contributed by atoms with Gasteiger partial charge >= 0.3 is 0 Å². The molecular weight excluding hydrogens is 312 g/mol. The molecule has 2 aromatic carbocycles. The van der Waals surface area contributed by atoms with Gasteiger partial charge in [0.15, 0.2) is 0 Å². The smallest absolute Gasteiger partial charge is 0.251 e. The Morgan fingerprint density at radius 2 is 1.88 bits per heavy atom. The van der Waals surface area contributed by atoms with Gasteiger partial charge in [-0.2, -0.15) is 0 Å². The van der Waals surface area contributed by atoms with Gasteiger partial charge in [-0.3, -0.25) is 9.59 Å². The summed E-state index contributed by atoms with van der Waals surface area (Å²) < 4.78 is 0. The van der Waals surface area contributed by atoms with E-state index in [0.29, 0.717) is 18.5 Å². The molecule has 0 bridgehead atoms. The average Bonchev–Trinajstić information content (AvgIpc) is 2.95. The van der Waals surface area contributed by atoms with E-state index in [4.69, 9.17) is 0 Å². The number of aryl methyl sites for hydroxylation is 1. The van der Waals surface area contributed by atoms with Crippen LogP contribution in [0.25, 0.3) is 0 Å². The minimum Gasteiger partial charge on any atom is -0.346 e. The maximum Gasteiger partial charge on any atom is 0.251 e. The molecule has 2 amide bonds. The first kappa shape index (κ1) is 17.2. The molecule has 0 spiro atoms. The van der Waals surface area contributed by atoms with Gasteiger partial charge in [0.05, 0.1) is 12.5 Å². The summed E-state index contributed by atoms with van der Waals surface area (Å²) in [6.07, 6.45) is 1.38. The number of carbonyl (C=O) groups excluding carboxylic acids is 2. The van der Waals surface area contributed by atoms with E-state index in [0.717, 1.165) is 23.2 Å². The van der Waals surface area contributed by atoms with Gasteiger partial charge < -0.3 is 10.2 Å². The summed E-state index contributed by atoms with van der Waals surface area (Å²) in [7, 11) is 0. The number of fused-ring (bicyclic) bond motifs is 1. The molecule has 0 saturated heterocycles. The molecule has 0 radical (unpaired) electrons. The molecule has 4 nitrogen and oxygen atoms in total. The zero-order chi connectivity index (χ0) is 18.0. The molecule has 25 heavy (non-hydrogen) atoms. The van der Waals surface area contributed by atoms with Crippen molar-refractivity contribution in [3.63, 3.8) is 0 Å². The Kier molecular flexibility index (Phi) is 4.88. The summed E-state index contributed by atoms with van der Waals surface area (Å²) in [5, 5.41) is 3.04. The second-order valence-corrected chi connectivity index (χ2v) is 6.45. The van der Waals surface area contributed by atoms with Crippen LogP contribution < -0.4 is 10.2 Å². The lowest BCUT2D eigenvalue weighted by Crippen LogP contribution is -2.27. The first-order valence-corrected chi connectivity index (χ1v) is 8.86. The number of nitrogens with one attached hydrogen (secondary N) is 1. The standard InChI is InChI=1S/C21H24N2O2/c1-4-15-6-8-16(9-7-15)14(3)22-21(25)17-10-11-19-18(12-17)13-20(24)23(19)5-2/h6-12,14H,4-5,13H2,1-3H3,(H,22,25). The number of nitrogens with zero attached hydrogens (tertiary/aromatic N) is 1. The van der Waals surface area contributed by atoms with E-state index < -0.39 is 0 Å². The third-order valence-electron chi connectivity index (χ3n) is 4.83. The maximum absolute atomic E-state index is 12.6. The number of benzene rings is 2. The average molecular weight is 336 g/mol. The highest BCUT2D eigenvalue weighted by Gasteiger charge is 2.26.